The fourth-order valence-corrected chi connectivity index (χ4v) is 8.57. The zero-order valence-electron chi connectivity index (χ0n) is 19.5. The maximum absolute atomic E-state index is 12.7. The minimum absolute atomic E-state index is 0.0154. The highest BCUT2D eigenvalue weighted by atomic mass is 16.3. The van der Waals surface area contributed by atoms with E-state index in [4.69, 9.17) is 0 Å². The van der Waals surface area contributed by atoms with Crippen molar-refractivity contribution in [2.24, 2.45) is 46.3 Å². The van der Waals surface area contributed by atoms with Gasteiger partial charge in [0.05, 0.1) is 0 Å². The molecule has 2 heteroatoms. The lowest BCUT2D eigenvalue weighted by Crippen LogP contribution is -2.52. The van der Waals surface area contributed by atoms with Crippen molar-refractivity contribution >= 4 is 5.78 Å². The Morgan fingerprint density at radius 2 is 1.79 bits per heavy atom. The van der Waals surface area contributed by atoms with E-state index in [9.17, 15) is 9.90 Å². The summed E-state index contributed by atoms with van der Waals surface area (Å²) in [6.45, 7) is 12.2. The van der Waals surface area contributed by atoms with E-state index in [0.29, 0.717) is 17.8 Å². The molecule has 0 radical (unpaired) electrons. The molecule has 0 bridgehead atoms. The Morgan fingerprint density at radius 1 is 1.03 bits per heavy atom. The number of rotatable bonds is 5. The van der Waals surface area contributed by atoms with Crippen LogP contribution in [0.3, 0.4) is 0 Å². The van der Waals surface area contributed by atoms with Crippen LogP contribution in [0.5, 0.6) is 0 Å². The van der Waals surface area contributed by atoms with Crippen LogP contribution in [0.2, 0.25) is 0 Å². The second-order valence-corrected chi connectivity index (χ2v) is 12.1. The molecular weight excluding hydrogens is 356 g/mol. The highest BCUT2D eigenvalue weighted by Crippen LogP contribution is 2.67. The highest BCUT2D eigenvalue weighted by molar-refractivity contribution is 6.00. The van der Waals surface area contributed by atoms with Crippen LogP contribution in [-0.4, -0.2) is 17.0 Å². The number of hydrogen-bond donors (Lipinski definition) is 1. The SMILES string of the molecule is CC(C)CCC[C@@H](C)[C@H]1CC[C@H]2[C@@H]3CC=C4C(=O)[C@@H](O)CC[C@]4(C)[C@H]3CC[C@]12C. The third kappa shape index (κ3) is 3.46. The number of hydrogen-bond acceptors (Lipinski definition) is 2. The molecule has 0 saturated heterocycles. The van der Waals surface area contributed by atoms with Crippen molar-refractivity contribution in [2.75, 3.05) is 0 Å². The molecule has 1 N–H and O–H groups in total. The summed E-state index contributed by atoms with van der Waals surface area (Å²) in [4.78, 5) is 12.7. The first-order valence-corrected chi connectivity index (χ1v) is 12.6. The number of aliphatic hydroxyl groups excluding tert-OH is 1. The Morgan fingerprint density at radius 3 is 2.52 bits per heavy atom. The molecule has 0 aliphatic heterocycles. The summed E-state index contributed by atoms with van der Waals surface area (Å²) < 4.78 is 0. The van der Waals surface area contributed by atoms with Crippen molar-refractivity contribution in [1.29, 1.82) is 0 Å². The fourth-order valence-electron chi connectivity index (χ4n) is 8.57. The molecular formula is C27H44O2. The molecule has 29 heavy (non-hydrogen) atoms. The van der Waals surface area contributed by atoms with E-state index in [-0.39, 0.29) is 11.2 Å². The number of carbonyl (C=O) groups is 1. The topological polar surface area (TPSA) is 37.3 Å². The Hall–Kier alpha value is -0.630. The lowest BCUT2D eigenvalue weighted by molar-refractivity contribution is -0.131. The average molecular weight is 401 g/mol. The second kappa shape index (κ2) is 7.81. The number of fused-ring (bicyclic) bond motifs is 5. The minimum atomic E-state index is -0.748. The van der Waals surface area contributed by atoms with E-state index in [1.807, 2.05) is 0 Å². The third-order valence-electron chi connectivity index (χ3n) is 10.2. The first kappa shape index (κ1) is 21.6. The number of Topliss-reactive ketones (excluding diaryl/α,β-unsaturated/α-hetero) is 1. The first-order chi connectivity index (χ1) is 13.7. The van der Waals surface area contributed by atoms with Crippen molar-refractivity contribution in [3.63, 3.8) is 0 Å². The first-order valence-electron chi connectivity index (χ1n) is 12.6. The largest absolute Gasteiger partial charge is 0.385 e. The Labute approximate surface area is 178 Å². The van der Waals surface area contributed by atoms with E-state index in [0.717, 1.165) is 48.0 Å². The van der Waals surface area contributed by atoms with Gasteiger partial charge in [0, 0.05) is 5.57 Å². The number of ketones is 1. The van der Waals surface area contributed by atoms with E-state index in [1.165, 1.54) is 44.9 Å². The van der Waals surface area contributed by atoms with E-state index in [2.05, 4.69) is 40.7 Å². The summed E-state index contributed by atoms with van der Waals surface area (Å²) >= 11 is 0. The molecule has 0 unspecified atom stereocenters. The number of aliphatic hydroxyl groups is 1. The van der Waals surface area contributed by atoms with Gasteiger partial charge in [0.1, 0.15) is 6.10 Å². The van der Waals surface area contributed by atoms with Crippen LogP contribution >= 0.6 is 0 Å². The van der Waals surface area contributed by atoms with Gasteiger partial charge in [-0.2, -0.15) is 0 Å². The van der Waals surface area contributed by atoms with E-state index in [1.54, 1.807) is 0 Å². The number of allylic oxidation sites excluding steroid dienone is 1. The molecule has 3 saturated carbocycles. The van der Waals surface area contributed by atoms with E-state index >= 15 is 0 Å². The zero-order valence-corrected chi connectivity index (χ0v) is 19.5. The highest BCUT2D eigenvalue weighted by Gasteiger charge is 2.60. The summed E-state index contributed by atoms with van der Waals surface area (Å²) in [7, 11) is 0. The van der Waals surface area contributed by atoms with Gasteiger partial charge in [-0.3, -0.25) is 4.79 Å². The second-order valence-electron chi connectivity index (χ2n) is 12.1. The van der Waals surface area contributed by atoms with Gasteiger partial charge in [-0.1, -0.05) is 60.0 Å². The molecule has 8 atom stereocenters. The molecule has 0 amide bonds. The van der Waals surface area contributed by atoms with Crippen LogP contribution in [0.1, 0.15) is 98.8 Å². The molecule has 4 rings (SSSR count). The predicted octanol–water partition coefficient (Wildman–Crippen LogP) is 6.57. The summed E-state index contributed by atoms with van der Waals surface area (Å²) in [5.41, 5.74) is 1.50. The van der Waals surface area contributed by atoms with Crippen molar-refractivity contribution in [2.45, 2.75) is 105 Å². The van der Waals surface area contributed by atoms with Crippen molar-refractivity contribution in [3.05, 3.63) is 11.6 Å². The van der Waals surface area contributed by atoms with Gasteiger partial charge in [0.2, 0.25) is 0 Å². The van der Waals surface area contributed by atoms with Crippen LogP contribution in [0.25, 0.3) is 0 Å². The predicted molar refractivity (Wildman–Crippen MR) is 119 cm³/mol. The maximum atomic E-state index is 12.7. The lowest BCUT2D eigenvalue weighted by atomic mass is 9.46. The smallest absolute Gasteiger partial charge is 0.187 e. The van der Waals surface area contributed by atoms with Gasteiger partial charge in [-0.25, -0.2) is 0 Å². The summed E-state index contributed by atoms with van der Waals surface area (Å²) in [5, 5.41) is 10.1. The fraction of sp³-hybridized carbons (Fsp3) is 0.889. The molecule has 4 aliphatic rings. The molecule has 4 aliphatic carbocycles. The maximum Gasteiger partial charge on any atom is 0.187 e. The van der Waals surface area contributed by atoms with Crippen molar-refractivity contribution in [1.82, 2.24) is 0 Å². The van der Waals surface area contributed by atoms with Crippen LogP contribution in [0.15, 0.2) is 11.6 Å². The summed E-state index contributed by atoms with van der Waals surface area (Å²) in [6, 6.07) is 0. The molecule has 164 valence electrons. The van der Waals surface area contributed by atoms with Gasteiger partial charge in [-0.15, -0.1) is 0 Å². The lowest BCUT2D eigenvalue weighted by Gasteiger charge is -2.58. The molecule has 0 heterocycles. The average Bonchev–Trinajstić information content (AvgIpc) is 3.02. The normalized spacial score (nSPS) is 45.4. The van der Waals surface area contributed by atoms with Crippen LogP contribution in [-0.2, 0) is 4.79 Å². The van der Waals surface area contributed by atoms with Gasteiger partial charge in [-0.05, 0) is 91.3 Å². The zero-order chi connectivity index (χ0) is 21.0. The van der Waals surface area contributed by atoms with Crippen molar-refractivity contribution in [3.8, 4) is 0 Å². The summed E-state index contributed by atoms with van der Waals surface area (Å²) in [6.07, 6.45) is 13.8. The molecule has 0 aromatic rings. The van der Waals surface area contributed by atoms with Gasteiger partial charge in [0.15, 0.2) is 5.78 Å². The van der Waals surface area contributed by atoms with Crippen LogP contribution in [0.4, 0.5) is 0 Å². The summed E-state index contributed by atoms with van der Waals surface area (Å²) in [5.74, 6) is 4.81. The van der Waals surface area contributed by atoms with Crippen molar-refractivity contribution < 1.29 is 9.90 Å². The van der Waals surface area contributed by atoms with Gasteiger partial charge < -0.3 is 5.11 Å². The van der Waals surface area contributed by atoms with Crippen LogP contribution in [0, 0.1) is 46.3 Å². The van der Waals surface area contributed by atoms with Crippen LogP contribution < -0.4 is 0 Å². The standard InChI is InChI=1S/C27H44O2/c1-17(2)7-6-8-18(3)20-11-12-21-19-9-10-23-25(29)24(28)14-16-27(23,5)22(19)13-15-26(20,21)4/h10,17-22,24,28H,6-9,11-16H2,1-5H3/t18-,19+,20-,21+,22+,24+,26-,27-/m1/s1. The molecule has 0 aromatic heterocycles. The molecule has 0 spiro atoms. The Balaban J connectivity index is 1.52. The molecule has 2 nitrogen and oxygen atoms in total. The number of carbonyl (C=O) groups excluding carboxylic acids is 1. The monoisotopic (exact) mass is 400 g/mol. The van der Waals surface area contributed by atoms with E-state index < -0.39 is 6.10 Å². The van der Waals surface area contributed by atoms with Gasteiger partial charge in [0.25, 0.3) is 0 Å². The quantitative estimate of drug-likeness (QED) is 0.567. The third-order valence-corrected chi connectivity index (χ3v) is 10.2. The minimum Gasteiger partial charge on any atom is -0.385 e. The van der Waals surface area contributed by atoms with Gasteiger partial charge >= 0.3 is 0 Å². The Kier molecular flexibility index (Phi) is 5.82. The molecule has 0 aromatic carbocycles. The Bertz CT molecular complexity index is 663. The molecule has 3 fully saturated rings.